The Labute approximate surface area is 92.5 Å². The molecule has 0 N–H and O–H groups in total. The van der Waals surface area contributed by atoms with E-state index in [0.29, 0.717) is 0 Å². The van der Waals surface area contributed by atoms with E-state index >= 15 is 0 Å². The van der Waals surface area contributed by atoms with Crippen LogP contribution in [0.25, 0.3) is 0 Å². The van der Waals surface area contributed by atoms with Gasteiger partial charge in [0, 0.05) is 10.6 Å². The molecule has 0 aliphatic carbocycles. The summed E-state index contributed by atoms with van der Waals surface area (Å²) in [7, 11) is -1.79. The lowest BCUT2D eigenvalue weighted by Gasteiger charge is -2.01. The molecule has 0 radical (unpaired) electrons. The highest BCUT2D eigenvalue weighted by molar-refractivity contribution is 7.61. The molecule has 0 saturated carbocycles. The highest BCUT2D eigenvalue weighted by atomic mass is 31.1. The van der Waals surface area contributed by atoms with Crippen LogP contribution in [-0.2, 0) is 4.57 Å². The zero-order chi connectivity index (χ0) is 9.80. The maximum absolute atomic E-state index is 12.0. The van der Waals surface area contributed by atoms with E-state index in [9.17, 15) is 4.57 Å². The smallest absolute Gasteiger partial charge is 0.131 e. The third-order valence-corrected chi connectivity index (χ3v) is 3.79. The van der Waals surface area contributed by atoms with Crippen LogP contribution < -0.4 is 10.6 Å². The predicted octanol–water partition coefficient (Wildman–Crippen LogP) is 1.01. The van der Waals surface area contributed by atoms with Gasteiger partial charge in [0.05, 0.1) is 8.41 Å². The normalized spacial score (nSPS) is 9.67. The second-order valence-corrected chi connectivity index (χ2v) is 4.87. The first kappa shape index (κ1) is 11.8. The van der Waals surface area contributed by atoms with Gasteiger partial charge in [-0.05, 0) is 0 Å². The van der Waals surface area contributed by atoms with E-state index in [-0.39, 0.29) is 8.41 Å². The molecule has 3 heteroatoms. The van der Waals surface area contributed by atoms with Crippen molar-refractivity contribution in [3.05, 3.63) is 60.7 Å². The number of hydrogen-bond donors (Lipinski definition) is 0. The van der Waals surface area contributed by atoms with Crippen molar-refractivity contribution < 1.29 is 4.57 Å². The third kappa shape index (κ3) is 2.84. The molecule has 0 atom stereocenters. The minimum atomic E-state index is -1.79. The fraction of sp³-hybridized carbons (Fsp3) is 0. The van der Waals surface area contributed by atoms with E-state index in [1.165, 1.54) is 0 Å². The van der Waals surface area contributed by atoms with Crippen molar-refractivity contribution in [2.24, 2.45) is 0 Å². The Balaban J connectivity index is 0.00000112. The zero-order valence-corrected chi connectivity index (χ0v) is 8.68. The van der Waals surface area contributed by atoms with Crippen molar-refractivity contribution in [3.63, 3.8) is 0 Å². The van der Waals surface area contributed by atoms with Gasteiger partial charge in [0.25, 0.3) is 0 Å². The van der Waals surface area contributed by atoms with Crippen LogP contribution in [0.1, 0.15) is 0 Å². The molecule has 1 nitrogen and oxygen atoms in total. The van der Waals surface area contributed by atoms with Crippen LogP contribution in [0.4, 0.5) is 0 Å². The van der Waals surface area contributed by atoms with E-state index < -0.39 is 7.80 Å². The van der Waals surface area contributed by atoms with E-state index in [0.717, 1.165) is 10.6 Å². The van der Waals surface area contributed by atoms with Gasteiger partial charge in [0.1, 0.15) is 7.80 Å². The summed E-state index contributed by atoms with van der Waals surface area (Å²) in [6.45, 7) is 0. The first-order chi connectivity index (χ1) is 6.88. The lowest BCUT2D eigenvalue weighted by Crippen LogP contribution is -2.04. The monoisotopic (exact) mass is 216 g/mol. The summed E-state index contributed by atoms with van der Waals surface area (Å²) in [4.78, 5) is 0. The number of benzene rings is 2. The predicted molar refractivity (Wildman–Crippen MR) is 71.1 cm³/mol. The van der Waals surface area contributed by atoms with Gasteiger partial charge >= 0.3 is 0 Å². The van der Waals surface area contributed by atoms with Crippen molar-refractivity contribution in [3.8, 4) is 0 Å². The molecule has 0 aliphatic heterocycles. The summed E-state index contributed by atoms with van der Waals surface area (Å²) >= 11 is 0. The van der Waals surface area contributed by atoms with Gasteiger partial charge in [-0.25, -0.2) is 0 Å². The summed E-state index contributed by atoms with van der Waals surface area (Å²) < 4.78 is 12.0. The fourth-order valence-electron chi connectivity index (χ4n) is 1.35. The van der Waals surface area contributed by atoms with E-state index in [2.05, 4.69) is 0 Å². The van der Waals surface area contributed by atoms with Crippen molar-refractivity contribution in [1.82, 2.24) is 0 Å². The second kappa shape index (κ2) is 5.58. The second-order valence-electron chi connectivity index (χ2n) is 3.06. The van der Waals surface area contributed by atoms with Gasteiger partial charge in [-0.2, -0.15) is 0 Å². The lowest BCUT2D eigenvalue weighted by atomic mass is 10.4. The molecule has 2 rings (SSSR count). The molecule has 0 unspecified atom stereocenters. The number of hydrogen-bond acceptors (Lipinski definition) is 1. The summed E-state index contributed by atoms with van der Waals surface area (Å²) in [5.74, 6) is 0. The van der Waals surface area contributed by atoms with Crippen LogP contribution in [0.15, 0.2) is 60.7 Å². The average molecular weight is 216 g/mol. The fourth-order valence-corrected chi connectivity index (χ4v) is 2.67. The Morgan fingerprint density at radius 3 is 1.33 bits per heavy atom. The molecule has 2 aromatic carbocycles. The van der Waals surface area contributed by atoms with Gasteiger partial charge < -0.3 is 4.57 Å². The van der Waals surface area contributed by atoms with Gasteiger partial charge in [0.15, 0.2) is 0 Å². The van der Waals surface area contributed by atoms with Gasteiger partial charge in [-0.3, -0.25) is 0 Å². The van der Waals surface area contributed by atoms with Crippen molar-refractivity contribution >= 4 is 26.8 Å². The maximum atomic E-state index is 12.0. The van der Waals surface area contributed by atoms with Crippen LogP contribution in [0.3, 0.4) is 0 Å². The molecule has 0 bridgehead atoms. The largest absolute Gasteiger partial charge is 0.317 e. The SMILES string of the molecule is B.O=[PH](c1ccccc1)c1ccccc1. The molecule has 15 heavy (non-hydrogen) atoms. The van der Waals surface area contributed by atoms with Gasteiger partial charge in [-0.15, -0.1) is 0 Å². The Morgan fingerprint density at radius 2 is 1.00 bits per heavy atom. The van der Waals surface area contributed by atoms with Crippen LogP contribution in [0.5, 0.6) is 0 Å². The zero-order valence-electron chi connectivity index (χ0n) is 7.68. The first-order valence-electron chi connectivity index (χ1n) is 4.53. The highest BCUT2D eigenvalue weighted by Crippen LogP contribution is 2.18. The van der Waals surface area contributed by atoms with Crippen molar-refractivity contribution in [2.75, 3.05) is 0 Å². The molecule has 2 aromatic rings. The maximum Gasteiger partial charge on any atom is 0.131 e. The summed E-state index contributed by atoms with van der Waals surface area (Å²) in [6.07, 6.45) is 0. The average Bonchev–Trinajstić information content (AvgIpc) is 2.30. The summed E-state index contributed by atoms with van der Waals surface area (Å²) in [5, 5.41) is 1.84. The Morgan fingerprint density at radius 1 is 0.667 bits per heavy atom. The van der Waals surface area contributed by atoms with E-state index in [4.69, 9.17) is 0 Å². The van der Waals surface area contributed by atoms with Crippen LogP contribution in [0.2, 0.25) is 0 Å². The minimum Gasteiger partial charge on any atom is -0.317 e. The van der Waals surface area contributed by atoms with Gasteiger partial charge in [-0.1, -0.05) is 60.7 Å². The summed E-state index contributed by atoms with van der Waals surface area (Å²) in [5.41, 5.74) is 0. The first-order valence-corrected chi connectivity index (χ1v) is 5.93. The number of rotatable bonds is 2. The molecule has 0 aliphatic rings. The molecular weight excluding hydrogens is 202 g/mol. The lowest BCUT2D eigenvalue weighted by molar-refractivity contribution is 0.598. The molecule has 76 valence electrons. The third-order valence-electron chi connectivity index (χ3n) is 2.07. The molecule has 0 spiro atoms. The Hall–Kier alpha value is -1.27. The van der Waals surface area contributed by atoms with Crippen LogP contribution in [0, 0.1) is 0 Å². The topological polar surface area (TPSA) is 17.1 Å². The molecule has 0 amide bonds. The molecule has 0 aromatic heterocycles. The molecule has 0 saturated heterocycles. The van der Waals surface area contributed by atoms with E-state index in [1.54, 1.807) is 0 Å². The Bertz CT molecular complexity index is 386. The minimum absolute atomic E-state index is 0. The Kier molecular flexibility index (Phi) is 4.39. The van der Waals surface area contributed by atoms with E-state index in [1.807, 2.05) is 60.7 Å². The van der Waals surface area contributed by atoms with Crippen molar-refractivity contribution in [1.29, 1.82) is 0 Å². The highest BCUT2D eigenvalue weighted by Gasteiger charge is 2.03. The molecule has 0 heterocycles. The van der Waals surface area contributed by atoms with Crippen molar-refractivity contribution in [2.45, 2.75) is 0 Å². The standard InChI is InChI=1S/C12H11OP.BH3/c13-14(11-7-3-1-4-8-11)12-9-5-2-6-10-12;/h1-10,14H;1H3. The molecule has 0 fully saturated rings. The quantitative estimate of drug-likeness (QED) is 0.540. The molecular formula is C12H14BOP. The van der Waals surface area contributed by atoms with Crippen LogP contribution in [-0.4, -0.2) is 8.41 Å². The van der Waals surface area contributed by atoms with Gasteiger partial charge in [0.2, 0.25) is 0 Å². The van der Waals surface area contributed by atoms with Crippen LogP contribution >= 0.6 is 7.80 Å². The summed E-state index contributed by atoms with van der Waals surface area (Å²) in [6, 6.07) is 19.2.